The van der Waals surface area contributed by atoms with E-state index in [-0.39, 0.29) is 5.56 Å². The molecule has 16 heavy (non-hydrogen) atoms. The van der Waals surface area contributed by atoms with Crippen LogP contribution in [0, 0.1) is 6.92 Å². The zero-order valence-electron chi connectivity index (χ0n) is 8.62. The molecule has 0 N–H and O–H groups in total. The molecule has 0 fully saturated rings. The topological polar surface area (TPSA) is 4.93 Å². The Kier molecular flexibility index (Phi) is 2.50. The van der Waals surface area contributed by atoms with E-state index in [1.807, 2.05) is 0 Å². The van der Waals surface area contributed by atoms with Crippen molar-refractivity contribution in [2.45, 2.75) is 13.1 Å². The maximum absolute atomic E-state index is 12.7. The summed E-state index contributed by atoms with van der Waals surface area (Å²) < 4.78 is 39.6. The van der Waals surface area contributed by atoms with E-state index in [0.29, 0.717) is 5.69 Å². The molecule has 0 aliphatic rings. The summed E-state index contributed by atoms with van der Waals surface area (Å²) in [4.78, 5) is 0. The fourth-order valence-electron chi connectivity index (χ4n) is 1.58. The van der Waals surface area contributed by atoms with Gasteiger partial charge in [-0.3, -0.25) is 0 Å². The lowest BCUT2D eigenvalue weighted by atomic mass is 10.1. The largest absolute Gasteiger partial charge is 0.416 e. The average Bonchev–Trinajstić information content (AvgIpc) is 2.69. The van der Waals surface area contributed by atoms with Gasteiger partial charge in [0.2, 0.25) is 0 Å². The lowest BCUT2D eigenvalue weighted by molar-refractivity contribution is -0.138. The molecule has 1 aromatic carbocycles. The second-order valence-corrected chi connectivity index (χ2v) is 3.59. The van der Waals surface area contributed by atoms with Gasteiger partial charge >= 0.3 is 6.18 Å². The van der Waals surface area contributed by atoms with Crippen LogP contribution in [0.1, 0.15) is 11.1 Å². The second-order valence-electron chi connectivity index (χ2n) is 3.59. The van der Waals surface area contributed by atoms with Crippen LogP contribution in [0.25, 0.3) is 5.69 Å². The summed E-state index contributed by atoms with van der Waals surface area (Å²) >= 11 is 0. The molecule has 0 aliphatic heterocycles. The highest BCUT2D eigenvalue weighted by Gasteiger charge is 2.32. The van der Waals surface area contributed by atoms with Crippen molar-refractivity contribution in [1.82, 2.24) is 4.57 Å². The van der Waals surface area contributed by atoms with Crippen LogP contribution in [0.2, 0.25) is 0 Å². The van der Waals surface area contributed by atoms with Gasteiger partial charge in [0.25, 0.3) is 0 Å². The van der Waals surface area contributed by atoms with E-state index in [2.05, 4.69) is 0 Å². The summed E-state index contributed by atoms with van der Waals surface area (Å²) in [5.41, 5.74) is 0.171. The molecule has 0 atom stereocenters. The number of rotatable bonds is 1. The molecule has 84 valence electrons. The number of hydrogen-bond acceptors (Lipinski definition) is 0. The van der Waals surface area contributed by atoms with Crippen molar-refractivity contribution in [3.63, 3.8) is 0 Å². The van der Waals surface area contributed by atoms with Crippen LogP contribution in [0.15, 0.2) is 42.7 Å². The summed E-state index contributed by atoms with van der Waals surface area (Å²) in [6, 6.07) is 7.86. The summed E-state index contributed by atoms with van der Waals surface area (Å²) in [5, 5.41) is 0. The molecule has 1 heterocycles. The third-order valence-corrected chi connectivity index (χ3v) is 2.43. The molecule has 0 bridgehead atoms. The molecule has 2 aromatic rings. The predicted octanol–water partition coefficient (Wildman–Crippen LogP) is 3.80. The van der Waals surface area contributed by atoms with Gasteiger partial charge < -0.3 is 4.57 Å². The summed E-state index contributed by atoms with van der Waals surface area (Å²) in [7, 11) is 0. The van der Waals surface area contributed by atoms with Crippen molar-refractivity contribution in [3.05, 3.63) is 53.9 Å². The third kappa shape index (κ3) is 1.96. The molecule has 0 saturated carbocycles. The number of benzene rings is 1. The van der Waals surface area contributed by atoms with Crippen molar-refractivity contribution in [2.24, 2.45) is 0 Å². The molecular formula is C12H10F3N. The van der Waals surface area contributed by atoms with Crippen molar-refractivity contribution >= 4 is 0 Å². The van der Waals surface area contributed by atoms with Crippen molar-refractivity contribution < 1.29 is 13.2 Å². The first kappa shape index (κ1) is 10.8. The Hall–Kier alpha value is -1.71. The lowest BCUT2D eigenvalue weighted by Crippen LogP contribution is -2.08. The van der Waals surface area contributed by atoms with Gasteiger partial charge in [-0.15, -0.1) is 0 Å². The summed E-state index contributed by atoms with van der Waals surface area (Å²) in [5.74, 6) is 0. The van der Waals surface area contributed by atoms with Gasteiger partial charge in [0.15, 0.2) is 0 Å². The molecule has 0 radical (unpaired) electrons. The Balaban J connectivity index is 2.52. The Bertz CT molecular complexity index is 483. The molecule has 2 rings (SSSR count). The number of alkyl halides is 3. The van der Waals surface area contributed by atoms with Crippen LogP contribution in [-0.4, -0.2) is 4.57 Å². The van der Waals surface area contributed by atoms with Gasteiger partial charge in [0.1, 0.15) is 0 Å². The van der Waals surface area contributed by atoms with E-state index in [4.69, 9.17) is 0 Å². The predicted molar refractivity (Wildman–Crippen MR) is 55.5 cm³/mol. The molecule has 0 aliphatic carbocycles. The van der Waals surface area contributed by atoms with Gasteiger partial charge in [-0.25, -0.2) is 0 Å². The molecule has 4 heteroatoms. The van der Waals surface area contributed by atoms with Crippen LogP contribution in [0.3, 0.4) is 0 Å². The van der Waals surface area contributed by atoms with E-state index in [1.165, 1.54) is 13.0 Å². The van der Waals surface area contributed by atoms with Crippen LogP contribution >= 0.6 is 0 Å². The smallest absolute Gasteiger partial charge is 0.324 e. The van der Waals surface area contributed by atoms with Gasteiger partial charge in [-0.2, -0.15) is 13.2 Å². The zero-order chi connectivity index (χ0) is 11.8. The van der Waals surface area contributed by atoms with E-state index in [1.54, 1.807) is 35.2 Å². The first-order valence-electron chi connectivity index (χ1n) is 4.79. The maximum atomic E-state index is 12.7. The van der Waals surface area contributed by atoms with Gasteiger partial charge in [-0.05, 0) is 36.8 Å². The molecule has 0 saturated heterocycles. The SMILES string of the molecule is Cc1ccc(-n2cccc2)cc1C(F)(F)F. The van der Waals surface area contributed by atoms with Crippen molar-refractivity contribution in [3.8, 4) is 5.69 Å². The fourth-order valence-corrected chi connectivity index (χ4v) is 1.58. The Morgan fingerprint density at radius 3 is 2.25 bits per heavy atom. The fraction of sp³-hybridized carbons (Fsp3) is 0.167. The van der Waals surface area contributed by atoms with Gasteiger partial charge in [0.05, 0.1) is 5.56 Å². The monoisotopic (exact) mass is 225 g/mol. The molecule has 1 aromatic heterocycles. The van der Waals surface area contributed by atoms with Crippen LogP contribution in [0.5, 0.6) is 0 Å². The lowest BCUT2D eigenvalue weighted by Gasteiger charge is -2.12. The van der Waals surface area contributed by atoms with E-state index in [0.717, 1.165) is 6.07 Å². The number of halogens is 3. The highest BCUT2D eigenvalue weighted by Crippen LogP contribution is 2.32. The van der Waals surface area contributed by atoms with Crippen molar-refractivity contribution in [2.75, 3.05) is 0 Å². The van der Waals surface area contributed by atoms with Crippen molar-refractivity contribution in [1.29, 1.82) is 0 Å². The second kappa shape index (κ2) is 3.70. The molecular weight excluding hydrogens is 215 g/mol. The standard InChI is InChI=1S/C12H10F3N/c1-9-4-5-10(16-6-2-3-7-16)8-11(9)12(13,14)15/h2-8H,1H3. The Morgan fingerprint density at radius 1 is 1.06 bits per heavy atom. The molecule has 0 unspecified atom stereocenters. The number of hydrogen-bond donors (Lipinski definition) is 0. The quantitative estimate of drug-likeness (QED) is 0.695. The zero-order valence-corrected chi connectivity index (χ0v) is 8.62. The Morgan fingerprint density at radius 2 is 1.69 bits per heavy atom. The Labute approximate surface area is 91.1 Å². The number of aryl methyl sites for hydroxylation is 1. The van der Waals surface area contributed by atoms with Crippen LogP contribution < -0.4 is 0 Å². The molecule has 1 nitrogen and oxygen atoms in total. The maximum Gasteiger partial charge on any atom is 0.416 e. The highest BCUT2D eigenvalue weighted by atomic mass is 19.4. The number of nitrogens with zero attached hydrogens (tertiary/aromatic N) is 1. The average molecular weight is 225 g/mol. The first-order chi connectivity index (χ1) is 7.48. The first-order valence-corrected chi connectivity index (χ1v) is 4.79. The summed E-state index contributed by atoms with van der Waals surface area (Å²) in [6.45, 7) is 1.46. The van der Waals surface area contributed by atoms with Crippen LogP contribution in [0.4, 0.5) is 13.2 Å². The van der Waals surface area contributed by atoms with E-state index in [9.17, 15) is 13.2 Å². The van der Waals surface area contributed by atoms with Crippen LogP contribution in [-0.2, 0) is 6.18 Å². The highest BCUT2D eigenvalue weighted by molar-refractivity contribution is 5.41. The number of aromatic nitrogens is 1. The minimum Gasteiger partial charge on any atom is -0.324 e. The van der Waals surface area contributed by atoms with E-state index >= 15 is 0 Å². The third-order valence-electron chi connectivity index (χ3n) is 2.43. The minimum atomic E-state index is -4.30. The van der Waals surface area contributed by atoms with E-state index < -0.39 is 11.7 Å². The minimum absolute atomic E-state index is 0.239. The molecule has 0 amide bonds. The van der Waals surface area contributed by atoms with Gasteiger partial charge in [-0.1, -0.05) is 6.07 Å². The normalized spacial score (nSPS) is 11.8. The van der Waals surface area contributed by atoms with Gasteiger partial charge in [0, 0.05) is 18.1 Å². The summed E-state index contributed by atoms with van der Waals surface area (Å²) in [6.07, 6.45) is -0.872. The molecule has 0 spiro atoms.